The molecule has 3 heteroatoms. The highest BCUT2D eigenvalue weighted by atomic mass is 16.1. The van der Waals surface area contributed by atoms with Crippen molar-refractivity contribution >= 4 is 6.41 Å². The molecule has 0 heterocycles. The summed E-state index contributed by atoms with van der Waals surface area (Å²) in [4.78, 5) is 9.88. The average Bonchev–Trinajstić information content (AvgIpc) is 2.01. The van der Waals surface area contributed by atoms with Crippen LogP contribution in [0.5, 0.6) is 0 Å². The average molecular weight is 158 g/mol. The Kier molecular flexibility index (Phi) is 7.15. The minimum Gasteiger partial charge on any atom is -0.359 e. The summed E-state index contributed by atoms with van der Waals surface area (Å²) in [5.74, 6) is 0.690. The van der Waals surface area contributed by atoms with Gasteiger partial charge in [0.15, 0.2) is 0 Å². The summed E-state index contributed by atoms with van der Waals surface area (Å²) in [7, 11) is 1.95. The molecule has 66 valence electrons. The topological polar surface area (TPSA) is 41.1 Å². The maximum Gasteiger partial charge on any atom is 0.207 e. The summed E-state index contributed by atoms with van der Waals surface area (Å²) < 4.78 is 0. The van der Waals surface area contributed by atoms with Crippen LogP contribution in [0.1, 0.15) is 19.8 Å². The van der Waals surface area contributed by atoms with E-state index in [1.165, 1.54) is 6.42 Å². The van der Waals surface area contributed by atoms with Gasteiger partial charge in [-0.15, -0.1) is 0 Å². The summed E-state index contributed by atoms with van der Waals surface area (Å²) in [6.45, 7) is 4.06. The Labute approximate surface area is 68.6 Å². The molecule has 3 nitrogen and oxygen atoms in total. The van der Waals surface area contributed by atoms with Crippen molar-refractivity contribution in [3.05, 3.63) is 0 Å². The molecule has 0 rings (SSSR count). The molecule has 0 aliphatic rings. The third-order valence-electron chi connectivity index (χ3n) is 1.75. The second-order valence-electron chi connectivity index (χ2n) is 2.86. The van der Waals surface area contributed by atoms with Crippen molar-refractivity contribution in [2.45, 2.75) is 19.8 Å². The fourth-order valence-corrected chi connectivity index (χ4v) is 0.924. The van der Waals surface area contributed by atoms with Gasteiger partial charge in [0.2, 0.25) is 6.41 Å². The Hall–Kier alpha value is -0.570. The number of amides is 1. The summed E-state index contributed by atoms with van der Waals surface area (Å²) in [6, 6.07) is 0. The van der Waals surface area contributed by atoms with Gasteiger partial charge in [-0.3, -0.25) is 4.79 Å². The third kappa shape index (κ3) is 7.33. The van der Waals surface area contributed by atoms with Gasteiger partial charge in [0.1, 0.15) is 0 Å². The molecule has 0 saturated carbocycles. The fraction of sp³-hybridized carbons (Fsp3) is 0.875. The molecule has 0 aromatic rings. The number of hydrogen-bond acceptors (Lipinski definition) is 2. The van der Waals surface area contributed by atoms with Crippen LogP contribution in [0.2, 0.25) is 0 Å². The van der Waals surface area contributed by atoms with Gasteiger partial charge in [0.25, 0.3) is 0 Å². The van der Waals surface area contributed by atoms with Crippen LogP contribution in [-0.4, -0.2) is 26.5 Å². The molecule has 0 aliphatic carbocycles. The first kappa shape index (κ1) is 10.4. The van der Waals surface area contributed by atoms with E-state index in [0.717, 1.165) is 25.9 Å². The zero-order valence-electron chi connectivity index (χ0n) is 7.39. The van der Waals surface area contributed by atoms with E-state index in [1.54, 1.807) is 0 Å². The zero-order chi connectivity index (χ0) is 8.53. The predicted molar refractivity (Wildman–Crippen MR) is 46.4 cm³/mol. The zero-order valence-corrected chi connectivity index (χ0v) is 7.39. The smallest absolute Gasteiger partial charge is 0.207 e. The Morgan fingerprint density at radius 3 is 2.55 bits per heavy atom. The predicted octanol–water partition coefficient (Wildman–Crippen LogP) is 0.368. The van der Waals surface area contributed by atoms with Gasteiger partial charge in [0, 0.05) is 6.54 Å². The molecule has 0 bridgehead atoms. The van der Waals surface area contributed by atoms with Gasteiger partial charge in [-0.05, 0) is 32.4 Å². The summed E-state index contributed by atoms with van der Waals surface area (Å²) >= 11 is 0. The number of rotatable bonds is 7. The Balaban J connectivity index is 3.08. The van der Waals surface area contributed by atoms with E-state index < -0.39 is 0 Å². The van der Waals surface area contributed by atoms with Crippen LogP contribution in [0.4, 0.5) is 0 Å². The molecule has 2 N–H and O–H groups in total. The molecule has 11 heavy (non-hydrogen) atoms. The summed E-state index contributed by atoms with van der Waals surface area (Å²) in [5, 5.41) is 5.75. The van der Waals surface area contributed by atoms with Gasteiger partial charge in [-0.1, -0.05) is 6.92 Å². The highest BCUT2D eigenvalue weighted by molar-refractivity contribution is 5.45. The minimum atomic E-state index is 0.690. The van der Waals surface area contributed by atoms with Gasteiger partial charge >= 0.3 is 0 Å². The molecule has 1 atom stereocenters. The molecule has 0 aromatic carbocycles. The van der Waals surface area contributed by atoms with E-state index in [4.69, 9.17) is 0 Å². The number of nitrogens with one attached hydrogen (secondary N) is 2. The maximum atomic E-state index is 9.88. The number of hydrogen-bond donors (Lipinski definition) is 2. The SMILES string of the molecule is CNCCC(C)CCNC=O. The first-order valence-electron chi connectivity index (χ1n) is 4.13. The summed E-state index contributed by atoms with van der Waals surface area (Å²) in [6.07, 6.45) is 3.00. The van der Waals surface area contributed by atoms with E-state index in [-0.39, 0.29) is 0 Å². The molecule has 1 amide bonds. The first-order chi connectivity index (χ1) is 5.31. The molecular formula is C8H18N2O. The lowest BCUT2D eigenvalue weighted by molar-refractivity contribution is -0.109. The van der Waals surface area contributed by atoms with Crippen LogP contribution in [0.15, 0.2) is 0 Å². The van der Waals surface area contributed by atoms with Crippen molar-refractivity contribution in [3.8, 4) is 0 Å². The molecule has 1 unspecified atom stereocenters. The van der Waals surface area contributed by atoms with Crippen LogP contribution in [0, 0.1) is 5.92 Å². The van der Waals surface area contributed by atoms with Gasteiger partial charge < -0.3 is 10.6 Å². The molecule has 0 radical (unpaired) electrons. The Morgan fingerprint density at radius 2 is 2.00 bits per heavy atom. The Bertz CT molecular complexity index is 96.1. The number of carbonyl (C=O) groups is 1. The minimum absolute atomic E-state index is 0.690. The quantitative estimate of drug-likeness (QED) is 0.415. The van der Waals surface area contributed by atoms with E-state index in [1.807, 2.05) is 7.05 Å². The van der Waals surface area contributed by atoms with Crippen molar-refractivity contribution in [2.24, 2.45) is 5.92 Å². The highest BCUT2D eigenvalue weighted by Crippen LogP contribution is 2.04. The summed E-state index contributed by atoms with van der Waals surface area (Å²) in [5.41, 5.74) is 0. The van der Waals surface area contributed by atoms with Gasteiger partial charge in [0.05, 0.1) is 0 Å². The number of carbonyl (C=O) groups excluding carboxylic acids is 1. The maximum absolute atomic E-state index is 9.88. The molecule has 0 saturated heterocycles. The van der Waals surface area contributed by atoms with Crippen molar-refractivity contribution < 1.29 is 4.79 Å². The molecule has 0 aliphatic heterocycles. The van der Waals surface area contributed by atoms with E-state index >= 15 is 0 Å². The van der Waals surface area contributed by atoms with Crippen LogP contribution < -0.4 is 10.6 Å². The normalized spacial score (nSPS) is 12.5. The molecule has 0 aromatic heterocycles. The molecule has 0 spiro atoms. The standard InChI is InChI=1S/C8H18N2O/c1-8(3-5-9-2)4-6-10-7-11/h7-9H,3-6H2,1-2H3,(H,10,11). The van der Waals surface area contributed by atoms with Gasteiger partial charge in [-0.25, -0.2) is 0 Å². The van der Waals surface area contributed by atoms with Crippen molar-refractivity contribution in [1.82, 2.24) is 10.6 Å². The fourth-order valence-electron chi connectivity index (χ4n) is 0.924. The molecular weight excluding hydrogens is 140 g/mol. The second-order valence-corrected chi connectivity index (χ2v) is 2.86. The van der Waals surface area contributed by atoms with E-state index in [9.17, 15) is 4.79 Å². The second kappa shape index (κ2) is 7.54. The Morgan fingerprint density at radius 1 is 1.36 bits per heavy atom. The van der Waals surface area contributed by atoms with Crippen LogP contribution in [0.25, 0.3) is 0 Å². The lowest BCUT2D eigenvalue weighted by atomic mass is 10.0. The van der Waals surface area contributed by atoms with Crippen LogP contribution >= 0.6 is 0 Å². The van der Waals surface area contributed by atoms with Crippen LogP contribution in [0.3, 0.4) is 0 Å². The first-order valence-corrected chi connectivity index (χ1v) is 4.13. The van der Waals surface area contributed by atoms with Crippen LogP contribution in [-0.2, 0) is 4.79 Å². The monoisotopic (exact) mass is 158 g/mol. The van der Waals surface area contributed by atoms with Gasteiger partial charge in [-0.2, -0.15) is 0 Å². The van der Waals surface area contributed by atoms with Crippen molar-refractivity contribution in [2.75, 3.05) is 20.1 Å². The van der Waals surface area contributed by atoms with E-state index in [2.05, 4.69) is 17.6 Å². The van der Waals surface area contributed by atoms with Crippen molar-refractivity contribution in [1.29, 1.82) is 0 Å². The lowest BCUT2D eigenvalue weighted by Crippen LogP contribution is -2.17. The van der Waals surface area contributed by atoms with Crippen molar-refractivity contribution in [3.63, 3.8) is 0 Å². The van der Waals surface area contributed by atoms with E-state index in [0.29, 0.717) is 5.92 Å². The lowest BCUT2D eigenvalue weighted by Gasteiger charge is -2.09. The largest absolute Gasteiger partial charge is 0.359 e. The molecule has 0 fully saturated rings. The highest BCUT2D eigenvalue weighted by Gasteiger charge is 1.99. The third-order valence-corrected chi connectivity index (χ3v) is 1.75.